The van der Waals surface area contributed by atoms with Gasteiger partial charge >= 0.3 is 0 Å². The Balaban J connectivity index is 1.19. The van der Waals surface area contributed by atoms with Crippen LogP contribution in [0.15, 0.2) is 206 Å². The van der Waals surface area contributed by atoms with Crippen LogP contribution >= 0.6 is 11.3 Å². The van der Waals surface area contributed by atoms with Crippen LogP contribution in [0.1, 0.15) is 0 Å². The first-order chi connectivity index (χ1) is 27.3. The van der Waals surface area contributed by atoms with Gasteiger partial charge in [0.25, 0.3) is 0 Å². The van der Waals surface area contributed by atoms with E-state index in [1.807, 2.05) is 11.3 Å². The molecule has 11 rings (SSSR count). The molecule has 11 aromatic rings. The van der Waals surface area contributed by atoms with E-state index in [1.165, 1.54) is 80.7 Å². The molecule has 0 aliphatic heterocycles. The van der Waals surface area contributed by atoms with Crippen LogP contribution in [0.2, 0.25) is 0 Å². The van der Waals surface area contributed by atoms with Crippen LogP contribution < -0.4 is 4.90 Å². The standard InChI is InChI=1S/C52H34N2S/c1-2-19-36(20-3-1)53(45-29-10-6-22-39(45)38-26-14-18-35-17-4-5-21-37(35)38)48-32-16-33-49-51(48)44-25-8-12-31-47(44)54(49)46-30-11-7-23-40(46)42-27-15-28-43-41-24-9-13-34-50(41)55-52(42)43/h1-34H. The van der Waals surface area contributed by atoms with Gasteiger partial charge in [0, 0.05) is 53.3 Å². The second-order valence-electron chi connectivity index (χ2n) is 14.0. The molecule has 9 aromatic carbocycles. The van der Waals surface area contributed by atoms with Gasteiger partial charge in [-0.05, 0) is 64.9 Å². The summed E-state index contributed by atoms with van der Waals surface area (Å²) in [6.07, 6.45) is 0. The molecule has 0 bridgehead atoms. The third-order valence-corrected chi connectivity index (χ3v) is 12.2. The van der Waals surface area contributed by atoms with Crippen molar-refractivity contribution in [3.63, 3.8) is 0 Å². The van der Waals surface area contributed by atoms with Crippen molar-refractivity contribution in [3.8, 4) is 27.9 Å². The number of rotatable bonds is 6. The minimum Gasteiger partial charge on any atom is -0.309 e. The summed E-state index contributed by atoms with van der Waals surface area (Å²) in [5.74, 6) is 0. The van der Waals surface area contributed by atoms with Crippen molar-refractivity contribution < 1.29 is 0 Å². The zero-order valence-electron chi connectivity index (χ0n) is 29.9. The molecule has 0 saturated carbocycles. The van der Waals surface area contributed by atoms with Crippen molar-refractivity contribution >= 4 is 81.1 Å². The van der Waals surface area contributed by atoms with Crippen LogP contribution in [0.25, 0.3) is 80.7 Å². The fourth-order valence-electron chi connectivity index (χ4n) is 8.64. The molecule has 0 fully saturated rings. The second-order valence-corrected chi connectivity index (χ2v) is 15.1. The zero-order chi connectivity index (χ0) is 36.3. The molecule has 0 radical (unpaired) electrons. The number of thiophene rings is 1. The van der Waals surface area contributed by atoms with Gasteiger partial charge in [-0.2, -0.15) is 0 Å². The minimum absolute atomic E-state index is 1.11. The Hall–Kier alpha value is -6.94. The third kappa shape index (κ3) is 5.01. The summed E-state index contributed by atoms with van der Waals surface area (Å²) >= 11 is 1.88. The molecule has 3 heteroatoms. The van der Waals surface area contributed by atoms with E-state index in [0.717, 1.165) is 17.1 Å². The van der Waals surface area contributed by atoms with Gasteiger partial charge in [-0.25, -0.2) is 0 Å². The van der Waals surface area contributed by atoms with Gasteiger partial charge in [0.2, 0.25) is 0 Å². The van der Waals surface area contributed by atoms with E-state index < -0.39 is 0 Å². The summed E-state index contributed by atoms with van der Waals surface area (Å²) in [5.41, 5.74) is 11.8. The summed E-state index contributed by atoms with van der Waals surface area (Å²) in [6, 6.07) is 75.1. The maximum atomic E-state index is 2.48. The Kier molecular flexibility index (Phi) is 7.39. The molecule has 2 heterocycles. The number of hydrogen-bond donors (Lipinski definition) is 0. The van der Waals surface area contributed by atoms with E-state index in [2.05, 4.69) is 216 Å². The summed E-state index contributed by atoms with van der Waals surface area (Å²) in [7, 11) is 0. The van der Waals surface area contributed by atoms with Gasteiger partial charge in [0.1, 0.15) is 0 Å². The number of hydrogen-bond acceptors (Lipinski definition) is 2. The molecule has 0 atom stereocenters. The molecule has 2 nitrogen and oxygen atoms in total. The number of aromatic nitrogens is 1. The first-order valence-electron chi connectivity index (χ1n) is 18.8. The van der Waals surface area contributed by atoms with E-state index in [-0.39, 0.29) is 0 Å². The number of fused-ring (bicyclic) bond motifs is 7. The van der Waals surface area contributed by atoms with Crippen LogP contribution in [0, 0.1) is 0 Å². The van der Waals surface area contributed by atoms with Crippen molar-refractivity contribution in [2.45, 2.75) is 0 Å². The topological polar surface area (TPSA) is 8.17 Å². The molecule has 2 aromatic heterocycles. The van der Waals surface area contributed by atoms with Crippen LogP contribution in [-0.2, 0) is 0 Å². The molecule has 0 spiro atoms. The van der Waals surface area contributed by atoms with Gasteiger partial charge in [0.15, 0.2) is 0 Å². The lowest BCUT2D eigenvalue weighted by atomic mass is 9.96. The predicted molar refractivity (Wildman–Crippen MR) is 237 cm³/mol. The van der Waals surface area contributed by atoms with E-state index in [9.17, 15) is 0 Å². The van der Waals surface area contributed by atoms with E-state index in [1.54, 1.807) is 0 Å². The Morgan fingerprint density at radius 1 is 0.364 bits per heavy atom. The van der Waals surface area contributed by atoms with Crippen molar-refractivity contribution in [3.05, 3.63) is 206 Å². The fourth-order valence-corrected chi connectivity index (χ4v) is 9.87. The lowest BCUT2D eigenvalue weighted by molar-refractivity contribution is 1.18. The number of benzene rings is 9. The largest absolute Gasteiger partial charge is 0.309 e. The number of para-hydroxylation sites is 4. The molecular formula is C52H34N2S. The summed E-state index contributed by atoms with van der Waals surface area (Å²) in [4.78, 5) is 2.46. The Labute approximate surface area is 323 Å². The Morgan fingerprint density at radius 2 is 0.945 bits per heavy atom. The van der Waals surface area contributed by atoms with Crippen molar-refractivity contribution in [1.82, 2.24) is 4.57 Å². The Bertz CT molecular complexity index is 3220. The van der Waals surface area contributed by atoms with Crippen LogP contribution in [0.4, 0.5) is 17.1 Å². The van der Waals surface area contributed by atoms with Crippen LogP contribution in [0.3, 0.4) is 0 Å². The number of anilines is 3. The molecule has 0 N–H and O–H groups in total. The maximum absolute atomic E-state index is 2.48. The van der Waals surface area contributed by atoms with Crippen molar-refractivity contribution in [2.24, 2.45) is 0 Å². The summed E-state index contributed by atoms with van der Waals surface area (Å²) in [6.45, 7) is 0. The van der Waals surface area contributed by atoms with Gasteiger partial charge in [-0.3, -0.25) is 0 Å². The SMILES string of the molecule is c1ccc(N(c2ccccc2-c2cccc3ccccc23)c2cccc3c2c2ccccc2n3-c2ccccc2-c2cccc3c2sc2ccccc23)cc1. The highest BCUT2D eigenvalue weighted by Gasteiger charge is 2.24. The lowest BCUT2D eigenvalue weighted by Crippen LogP contribution is -2.11. The quantitative estimate of drug-likeness (QED) is 0.166. The van der Waals surface area contributed by atoms with Crippen LogP contribution in [0.5, 0.6) is 0 Å². The van der Waals surface area contributed by atoms with E-state index >= 15 is 0 Å². The fraction of sp³-hybridized carbons (Fsp3) is 0. The Morgan fingerprint density at radius 3 is 1.85 bits per heavy atom. The first kappa shape index (κ1) is 31.6. The van der Waals surface area contributed by atoms with Gasteiger partial charge in [-0.15, -0.1) is 11.3 Å². The molecule has 258 valence electrons. The normalized spacial score (nSPS) is 11.6. The van der Waals surface area contributed by atoms with Crippen molar-refractivity contribution in [2.75, 3.05) is 4.90 Å². The predicted octanol–water partition coefficient (Wildman–Crippen LogP) is 15.1. The van der Waals surface area contributed by atoms with Gasteiger partial charge in [-0.1, -0.05) is 158 Å². The van der Waals surface area contributed by atoms with E-state index in [4.69, 9.17) is 0 Å². The smallest absolute Gasteiger partial charge is 0.0562 e. The molecule has 0 unspecified atom stereocenters. The number of nitrogens with zero attached hydrogens (tertiary/aromatic N) is 2. The van der Waals surface area contributed by atoms with Gasteiger partial charge in [0.05, 0.1) is 28.1 Å². The minimum atomic E-state index is 1.11. The van der Waals surface area contributed by atoms with Crippen LogP contribution in [-0.4, -0.2) is 4.57 Å². The van der Waals surface area contributed by atoms with E-state index in [0.29, 0.717) is 0 Å². The molecule has 0 saturated heterocycles. The zero-order valence-corrected chi connectivity index (χ0v) is 30.7. The average molecular weight is 719 g/mol. The highest BCUT2D eigenvalue weighted by Crippen LogP contribution is 2.48. The van der Waals surface area contributed by atoms with Crippen molar-refractivity contribution in [1.29, 1.82) is 0 Å². The summed E-state index contributed by atoms with van der Waals surface area (Å²) < 4.78 is 5.11. The third-order valence-electron chi connectivity index (χ3n) is 11.0. The van der Waals surface area contributed by atoms with Gasteiger partial charge < -0.3 is 9.47 Å². The monoisotopic (exact) mass is 718 g/mol. The first-order valence-corrected chi connectivity index (χ1v) is 19.6. The average Bonchev–Trinajstić information content (AvgIpc) is 3.81. The lowest BCUT2D eigenvalue weighted by Gasteiger charge is -2.29. The highest BCUT2D eigenvalue weighted by molar-refractivity contribution is 7.26. The molecule has 0 aliphatic carbocycles. The summed E-state index contributed by atoms with van der Waals surface area (Å²) in [5, 5.41) is 7.52. The molecular weight excluding hydrogens is 685 g/mol. The highest BCUT2D eigenvalue weighted by atomic mass is 32.1. The maximum Gasteiger partial charge on any atom is 0.0562 e. The molecule has 0 amide bonds. The molecule has 0 aliphatic rings. The second kappa shape index (κ2) is 12.9. The molecule has 55 heavy (non-hydrogen) atoms.